The van der Waals surface area contributed by atoms with Gasteiger partial charge in [-0.15, -0.1) is 0 Å². The molecular formula is C16H13Cl2N. The molecule has 0 bridgehead atoms. The number of nitrogens with zero attached hydrogens (tertiary/aromatic N) is 1. The predicted molar refractivity (Wildman–Crippen MR) is 79.7 cm³/mol. The van der Waals surface area contributed by atoms with Crippen LogP contribution in [0.5, 0.6) is 0 Å². The van der Waals surface area contributed by atoms with Gasteiger partial charge < -0.3 is 0 Å². The average Bonchev–Trinajstić information content (AvgIpc) is 2.41. The topological polar surface area (TPSA) is 23.8 Å². The second-order valence-electron chi connectivity index (χ2n) is 4.49. The molecule has 2 aromatic rings. The van der Waals surface area contributed by atoms with Gasteiger partial charge in [0.2, 0.25) is 0 Å². The van der Waals surface area contributed by atoms with Gasteiger partial charge in [-0.05, 0) is 42.2 Å². The maximum Gasteiger partial charge on any atom is 0.0755 e. The lowest BCUT2D eigenvalue weighted by molar-refractivity contribution is 0.841. The van der Waals surface area contributed by atoms with Crippen LogP contribution in [0.1, 0.15) is 22.6 Å². The van der Waals surface area contributed by atoms with Crippen molar-refractivity contribution in [3.05, 3.63) is 69.2 Å². The normalized spacial score (nSPS) is 11.9. The lowest BCUT2D eigenvalue weighted by Gasteiger charge is -2.12. The van der Waals surface area contributed by atoms with Gasteiger partial charge in [-0.2, -0.15) is 5.26 Å². The molecule has 2 aromatic carbocycles. The summed E-state index contributed by atoms with van der Waals surface area (Å²) in [6.07, 6.45) is 0.637. The quantitative estimate of drug-likeness (QED) is 0.766. The molecule has 0 fully saturated rings. The molecule has 2 rings (SSSR count). The molecule has 19 heavy (non-hydrogen) atoms. The fraction of sp³-hybridized carbons (Fsp3) is 0.188. The first-order valence-electron chi connectivity index (χ1n) is 6.01. The van der Waals surface area contributed by atoms with Crippen molar-refractivity contribution in [1.82, 2.24) is 0 Å². The number of rotatable bonds is 3. The minimum Gasteiger partial charge on any atom is -0.198 e. The molecule has 0 radical (unpaired) electrons. The van der Waals surface area contributed by atoms with E-state index in [9.17, 15) is 5.26 Å². The molecule has 0 N–H and O–H groups in total. The van der Waals surface area contributed by atoms with Gasteiger partial charge in [0, 0.05) is 0 Å². The number of benzene rings is 2. The molecule has 1 atom stereocenters. The third-order valence-corrected chi connectivity index (χ3v) is 3.88. The van der Waals surface area contributed by atoms with Crippen LogP contribution in [0.3, 0.4) is 0 Å². The first-order chi connectivity index (χ1) is 9.11. The zero-order valence-corrected chi connectivity index (χ0v) is 12.0. The maximum absolute atomic E-state index is 9.38. The standard InChI is InChI=1S/C16H13Cl2N/c1-11-4-2-3-5-14(11)13(10-19)8-12-6-7-15(17)16(18)9-12/h2-7,9,13H,8H2,1H3. The van der Waals surface area contributed by atoms with E-state index in [0.29, 0.717) is 16.5 Å². The van der Waals surface area contributed by atoms with E-state index in [2.05, 4.69) is 6.07 Å². The minimum absolute atomic E-state index is 0.168. The van der Waals surface area contributed by atoms with E-state index in [1.54, 1.807) is 6.07 Å². The Hall–Kier alpha value is -1.49. The highest BCUT2D eigenvalue weighted by Gasteiger charge is 2.14. The van der Waals surface area contributed by atoms with Gasteiger partial charge in [0.1, 0.15) is 0 Å². The Morgan fingerprint density at radius 2 is 1.84 bits per heavy atom. The van der Waals surface area contributed by atoms with Gasteiger partial charge in [0.25, 0.3) is 0 Å². The fourth-order valence-electron chi connectivity index (χ4n) is 2.11. The Bertz CT molecular complexity index is 629. The van der Waals surface area contributed by atoms with Crippen LogP contribution in [0, 0.1) is 18.3 Å². The Kier molecular flexibility index (Phi) is 4.47. The molecule has 0 aromatic heterocycles. The Morgan fingerprint density at radius 3 is 2.47 bits per heavy atom. The van der Waals surface area contributed by atoms with Gasteiger partial charge >= 0.3 is 0 Å². The highest BCUT2D eigenvalue weighted by atomic mass is 35.5. The van der Waals surface area contributed by atoms with E-state index in [4.69, 9.17) is 23.2 Å². The first kappa shape index (κ1) is 13.9. The molecule has 0 aliphatic heterocycles. The number of halogens is 2. The first-order valence-corrected chi connectivity index (χ1v) is 6.76. The average molecular weight is 290 g/mol. The highest BCUT2D eigenvalue weighted by molar-refractivity contribution is 6.42. The molecule has 0 heterocycles. The fourth-order valence-corrected chi connectivity index (χ4v) is 2.43. The number of aryl methyl sites for hydroxylation is 1. The summed E-state index contributed by atoms with van der Waals surface area (Å²) >= 11 is 11.9. The zero-order chi connectivity index (χ0) is 13.8. The summed E-state index contributed by atoms with van der Waals surface area (Å²) in [4.78, 5) is 0. The molecule has 0 aliphatic rings. The maximum atomic E-state index is 9.38. The van der Waals surface area contributed by atoms with Crippen LogP contribution in [0.25, 0.3) is 0 Å². The van der Waals surface area contributed by atoms with Crippen molar-refractivity contribution in [1.29, 1.82) is 5.26 Å². The van der Waals surface area contributed by atoms with Crippen LogP contribution in [-0.4, -0.2) is 0 Å². The summed E-state index contributed by atoms with van der Waals surface area (Å²) in [7, 11) is 0. The van der Waals surface area contributed by atoms with Crippen molar-refractivity contribution in [3.63, 3.8) is 0 Å². The molecular weight excluding hydrogens is 277 g/mol. The van der Waals surface area contributed by atoms with E-state index in [1.165, 1.54) is 0 Å². The summed E-state index contributed by atoms with van der Waals surface area (Å²) < 4.78 is 0. The van der Waals surface area contributed by atoms with Crippen molar-refractivity contribution < 1.29 is 0 Å². The molecule has 0 amide bonds. The van der Waals surface area contributed by atoms with Crippen molar-refractivity contribution in [2.75, 3.05) is 0 Å². The lowest BCUT2D eigenvalue weighted by Crippen LogP contribution is -2.02. The van der Waals surface area contributed by atoms with Crippen molar-refractivity contribution in [3.8, 4) is 6.07 Å². The summed E-state index contributed by atoms with van der Waals surface area (Å²) in [5.74, 6) is -0.168. The molecule has 0 spiro atoms. The van der Waals surface area contributed by atoms with Gasteiger partial charge in [-0.1, -0.05) is 53.5 Å². The summed E-state index contributed by atoms with van der Waals surface area (Å²) in [5.41, 5.74) is 3.22. The molecule has 0 saturated carbocycles. The van der Waals surface area contributed by atoms with E-state index in [0.717, 1.165) is 16.7 Å². The third kappa shape index (κ3) is 3.29. The minimum atomic E-state index is -0.168. The van der Waals surface area contributed by atoms with Crippen LogP contribution in [0.4, 0.5) is 0 Å². The molecule has 96 valence electrons. The van der Waals surface area contributed by atoms with Crippen molar-refractivity contribution in [2.45, 2.75) is 19.3 Å². The van der Waals surface area contributed by atoms with Crippen LogP contribution in [0.15, 0.2) is 42.5 Å². The highest BCUT2D eigenvalue weighted by Crippen LogP contribution is 2.27. The largest absolute Gasteiger partial charge is 0.198 e. The van der Waals surface area contributed by atoms with Crippen LogP contribution >= 0.6 is 23.2 Å². The van der Waals surface area contributed by atoms with Crippen molar-refractivity contribution >= 4 is 23.2 Å². The summed E-state index contributed by atoms with van der Waals surface area (Å²) in [6.45, 7) is 2.02. The molecule has 1 unspecified atom stereocenters. The monoisotopic (exact) mass is 289 g/mol. The lowest BCUT2D eigenvalue weighted by atomic mass is 9.90. The van der Waals surface area contributed by atoms with Gasteiger partial charge in [0.05, 0.1) is 22.0 Å². The summed E-state index contributed by atoms with van der Waals surface area (Å²) in [6, 6.07) is 15.8. The third-order valence-electron chi connectivity index (χ3n) is 3.14. The number of nitriles is 1. The van der Waals surface area contributed by atoms with Gasteiger partial charge in [-0.25, -0.2) is 0 Å². The molecule has 0 aliphatic carbocycles. The number of hydrogen-bond donors (Lipinski definition) is 0. The van der Waals surface area contributed by atoms with Crippen molar-refractivity contribution in [2.24, 2.45) is 0 Å². The van der Waals surface area contributed by atoms with E-state index < -0.39 is 0 Å². The second kappa shape index (κ2) is 6.10. The molecule has 3 heteroatoms. The Morgan fingerprint density at radius 1 is 1.11 bits per heavy atom. The van der Waals surface area contributed by atoms with E-state index in [1.807, 2.05) is 43.3 Å². The Balaban J connectivity index is 2.27. The van der Waals surface area contributed by atoms with Crippen LogP contribution < -0.4 is 0 Å². The van der Waals surface area contributed by atoms with Gasteiger partial charge in [-0.3, -0.25) is 0 Å². The van der Waals surface area contributed by atoms with E-state index in [-0.39, 0.29) is 5.92 Å². The Labute approximate surface area is 123 Å². The zero-order valence-electron chi connectivity index (χ0n) is 10.5. The van der Waals surface area contributed by atoms with E-state index >= 15 is 0 Å². The number of hydrogen-bond acceptors (Lipinski definition) is 1. The molecule has 0 saturated heterocycles. The SMILES string of the molecule is Cc1ccccc1C(C#N)Cc1ccc(Cl)c(Cl)c1. The smallest absolute Gasteiger partial charge is 0.0755 e. The van der Waals surface area contributed by atoms with Crippen LogP contribution in [-0.2, 0) is 6.42 Å². The van der Waals surface area contributed by atoms with Crippen LogP contribution in [0.2, 0.25) is 10.0 Å². The second-order valence-corrected chi connectivity index (χ2v) is 5.31. The predicted octanol–water partition coefficient (Wildman–Crippen LogP) is 5.15. The van der Waals surface area contributed by atoms with Gasteiger partial charge in [0.15, 0.2) is 0 Å². The summed E-state index contributed by atoms with van der Waals surface area (Å²) in [5, 5.41) is 10.4. The molecule has 1 nitrogen and oxygen atoms in total.